The molecule has 47 heavy (non-hydrogen) atoms. The second kappa shape index (κ2) is 12.5. The van der Waals surface area contributed by atoms with Crippen molar-refractivity contribution in [2.45, 2.75) is 25.7 Å². The van der Waals surface area contributed by atoms with Crippen molar-refractivity contribution >= 4 is 56.6 Å². The van der Waals surface area contributed by atoms with Crippen LogP contribution in [0.5, 0.6) is 0 Å². The molecule has 2 saturated heterocycles. The largest absolute Gasteiger partial charge is 0.326 e. The van der Waals surface area contributed by atoms with E-state index >= 15 is 0 Å². The molecular formula is C35H29Cl2N5O4S. The van der Waals surface area contributed by atoms with Crippen LogP contribution in [-0.4, -0.2) is 42.9 Å². The fourth-order valence-electron chi connectivity index (χ4n) is 5.96. The lowest BCUT2D eigenvalue weighted by Crippen LogP contribution is -2.35. The van der Waals surface area contributed by atoms with Gasteiger partial charge in [0.1, 0.15) is 12.4 Å². The predicted molar refractivity (Wildman–Crippen MR) is 184 cm³/mol. The van der Waals surface area contributed by atoms with Crippen molar-refractivity contribution in [1.29, 1.82) is 0 Å². The Morgan fingerprint density at radius 2 is 1.45 bits per heavy atom. The summed E-state index contributed by atoms with van der Waals surface area (Å²) >= 11 is 12.7. The van der Waals surface area contributed by atoms with Crippen molar-refractivity contribution in [3.05, 3.63) is 119 Å². The van der Waals surface area contributed by atoms with Crippen LogP contribution in [0.1, 0.15) is 30.7 Å². The molecule has 0 unspecified atom stereocenters. The maximum atomic E-state index is 12.4. The quantitative estimate of drug-likeness (QED) is 0.203. The van der Waals surface area contributed by atoms with E-state index < -0.39 is 16.1 Å². The van der Waals surface area contributed by atoms with Gasteiger partial charge in [0.15, 0.2) is 0 Å². The monoisotopic (exact) mass is 685 g/mol. The average Bonchev–Trinajstić information content (AvgIpc) is 3.60. The molecule has 2 amide bonds. The van der Waals surface area contributed by atoms with Crippen LogP contribution in [0.25, 0.3) is 28.1 Å². The first-order valence-corrected chi connectivity index (χ1v) is 17.3. The van der Waals surface area contributed by atoms with Crippen molar-refractivity contribution in [2.75, 3.05) is 22.3 Å². The standard InChI is InChI=1S/C35H29Cl2N5O4S/c36-26-10-17-30(31(37)20-26)32-21-41(28-13-15-29(16-14-28)42-22-34(43)39-47(42,45)46)33(38-32)19-23-4-6-24(7-5-23)25-8-11-27(12-9-25)40-18-2-1-3-35(40)44/h4-17,20-21H,1-3,18-19,22H2,(H,39,43). The van der Waals surface area contributed by atoms with Crippen LogP contribution in [0.3, 0.4) is 0 Å². The van der Waals surface area contributed by atoms with Gasteiger partial charge in [-0.2, -0.15) is 8.42 Å². The van der Waals surface area contributed by atoms with Gasteiger partial charge in [0.2, 0.25) is 5.91 Å². The maximum absolute atomic E-state index is 12.4. The van der Waals surface area contributed by atoms with E-state index in [4.69, 9.17) is 28.2 Å². The number of anilines is 2. The Labute approximate surface area is 282 Å². The van der Waals surface area contributed by atoms with E-state index in [1.54, 1.807) is 36.4 Å². The van der Waals surface area contributed by atoms with Gasteiger partial charge in [-0.3, -0.25) is 9.59 Å². The molecule has 2 aliphatic heterocycles. The fraction of sp³-hybridized carbons (Fsp3) is 0.171. The highest BCUT2D eigenvalue weighted by atomic mass is 35.5. The number of rotatable bonds is 7. The molecule has 0 bridgehead atoms. The van der Waals surface area contributed by atoms with Gasteiger partial charge in [0, 0.05) is 47.5 Å². The molecule has 0 spiro atoms. The summed E-state index contributed by atoms with van der Waals surface area (Å²) in [7, 11) is -3.92. The minimum absolute atomic E-state index is 0.178. The summed E-state index contributed by atoms with van der Waals surface area (Å²) in [4.78, 5) is 30.9. The highest BCUT2D eigenvalue weighted by Crippen LogP contribution is 2.32. The van der Waals surface area contributed by atoms with E-state index in [1.807, 2.05) is 50.7 Å². The molecule has 5 aromatic rings. The highest BCUT2D eigenvalue weighted by Gasteiger charge is 2.34. The topological polar surface area (TPSA) is 105 Å². The van der Waals surface area contributed by atoms with E-state index in [0.717, 1.165) is 63.1 Å². The molecule has 2 aliphatic rings. The SMILES string of the molecule is O=C1CN(c2ccc(-n3cc(-c4ccc(Cl)cc4Cl)nc3Cc3ccc(-c4ccc(N5CCCCC5=O)cc4)cc3)cc2)S(=O)(=O)N1. The van der Waals surface area contributed by atoms with E-state index in [-0.39, 0.29) is 12.5 Å². The van der Waals surface area contributed by atoms with Crippen molar-refractivity contribution < 1.29 is 18.0 Å². The van der Waals surface area contributed by atoms with Crippen LogP contribution < -0.4 is 13.9 Å². The number of imidazole rings is 1. The maximum Gasteiger partial charge on any atom is 0.326 e. The first-order chi connectivity index (χ1) is 22.6. The zero-order chi connectivity index (χ0) is 32.7. The lowest BCUT2D eigenvalue weighted by molar-refractivity contribution is -0.119. The third kappa shape index (κ3) is 6.36. The lowest BCUT2D eigenvalue weighted by Gasteiger charge is -2.26. The van der Waals surface area contributed by atoms with Crippen LogP contribution in [0.4, 0.5) is 11.4 Å². The van der Waals surface area contributed by atoms with Gasteiger partial charge in [-0.25, -0.2) is 14.0 Å². The molecular weight excluding hydrogens is 657 g/mol. The van der Waals surface area contributed by atoms with Gasteiger partial charge in [-0.15, -0.1) is 0 Å². The highest BCUT2D eigenvalue weighted by molar-refractivity contribution is 7.92. The van der Waals surface area contributed by atoms with E-state index in [0.29, 0.717) is 34.3 Å². The first kappa shape index (κ1) is 31.0. The Morgan fingerprint density at radius 1 is 0.787 bits per heavy atom. The summed E-state index contributed by atoms with van der Waals surface area (Å²) in [6.07, 6.45) is 4.97. The zero-order valence-corrected chi connectivity index (χ0v) is 27.4. The molecule has 9 nitrogen and oxygen atoms in total. The number of piperidine rings is 1. The molecule has 4 aromatic carbocycles. The van der Waals surface area contributed by atoms with E-state index in [2.05, 4.69) is 24.3 Å². The number of aromatic nitrogens is 2. The first-order valence-electron chi connectivity index (χ1n) is 15.1. The number of amides is 2. The number of hydrogen-bond donors (Lipinski definition) is 1. The molecule has 0 aliphatic carbocycles. The molecule has 0 radical (unpaired) electrons. The normalized spacial score (nSPS) is 16.0. The van der Waals surface area contributed by atoms with Crippen molar-refractivity contribution in [3.8, 4) is 28.1 Å². The Bertz CT molecular complexity index is 2100. The van der Waals surface area contributed by atoms with Crippen molar-refractivity contribution in [1.82, 2.24) is 14.3 Å². The molecule has 1 N–H and O–H groups in total. The number of carbonyl (C=O) groups excluding carboxylic acids is 2. The zero-order valence-electron chi connectivity index (χ0n) is 25.1. The summed E-state index contributed by atoms with van der Waals surface area (Å²) in [5.74, 6) is 0.345. The van der Waals surface area contributed by atoms with Gasteiger partial charge >= 0.3 is 10.2 Å². The van der Waals surface area contributed by atoms with E-state index in [1.165, 1.54) is 0 Å². The van der Waals surface area contributed by atoms with Crippen molar-refractivity contribution in [2.24, 2.45) is 0 Å². The summed E-state index contributed by atoms with van der Waals surface area (Å²) < 4.78 is 29.7. The Balaban J connectivity index is 1.17. The number of nitrogens with zero attached hydrogens (tertiary/aromatic N) is 4. The van der Waals surface area contributed by atoms with Crippen LogP contribution in [0.15, 0.2) is 97.2 Å². The van der Waals surface area contributed by atoms with Gasteiger partial charge in [-0.1, -0.05) is 59.6 Å². The summed E-state index contributed by atoms with van der Waals surface area (Å²) in [5.41, 5.74) is 6.60. The number of benzene rings is 4. The van der Waals surface area contributed by atoms with Gasteiger partial charge in [-0.05, 0) is 84.1 Å². The molecule has 3 heterocycles. The molecule has 1 aromatic heterocycles. The van der Waals surface area contributed by atoms with Gasteiger partial charge < -0.3 is 9.47 Å². The predicted octanol–water partition coefficient (Wildman–Crippen LogP) is 6.80. The number of hydrogen-bond acceptors (Lipinski definition) is 5. The number of halogens is 2. The van der Waals surface area contributed by atoms with E-state index in [9.17, 15) is 18.0 Å². The third-order valence-electron chi connectivity index (χ3n) is 8.37. The van der Waals surface area contributed by atoms with Crippen LogP contribution in [-0.2, 0) is 26.2 Å². The summed E-state index contributed by atoms with van der Waals surface area (Å²) in [6.45, 7) is 0.493. The lowest BCUT2D eigenvalue weighted by atomic mass is 10.0. The minimum atomic E-state index is -3.92. The van der Waals surface area contributed by atoms with Crippen LogP contribution in [0, 0.1) is 0 Å². The van der Waals surface area contributed by atoms with Crippen molar-refractivity contribution in [3.63, 3.8) is 0 Å². The smallest absolute Gasteiger partial charge is 0.312 e. The summed E-state index contributed by atoms with van der Waals surface area (Å²) in [6, 6.07) is 28.5. The number of carbonyl (C=O) groups is 2. The molecule has 12 heteroatoms. The molecule has 7 rings (SSSR count). The minimum Gasteiger partial charge on any atom is -0.312 e. The molecule has 0 saturated carbocycles. The van der Waals surface area contributed by atoms with Gasteiger partial charge in [0.25, 0.3) is 5.91 Å². The second-order valence-corrected chi connectivity index (χ2v) is 14.0. The molecule has 238 valence electrons. The fourth-order valence-corrected chi connectivity index (χ4v) is 7.61. The van der Waals surface area contributed by atoms with Crippen LogP contribution >= 0.6 is 23.2 Å². The Hall–Kier alpha value is -4.64. The molecule has 2 fully saturated rings. The molecule has 0 atom stereocenters. The van der Waals surface area contributed by atoms with Gasteiger partial charge in [0.05, 0.1) is 16.4 Å². The Kier molecular flexibility index (Phi) is 8.25. The Morgan fingerprint density at radius 3 is 2.09 bits per heavy atom. The summed E-state index contributed by atoms with van der Waals surface area (Å²) in [5, 5.41) is 0.994. The number of nitrogens with one attached hydrogen (secondary N) is 1. The van der Waals surface area contributed by atoms with Crippen LogP contribution in [0.2, 0.25) is 10.0 Å². The third-order valence-corrected chi connectivity index (χ3v) is 10.3. The average molecular weight is 687 g/mol. The second-order valence-electron chi connectivity index (χ2n) is 11.5.